The number of nitrogens with zero attached hydrogens (tertiary/aromatic N) is 1. The molecular formula is C27H32N2O6. The molecule has 186 valence electrons. The van der Waals surface area contributed by atoms with Crippen molar-refractivity contribution in [1.29, 1.82) is 0 Å². The standard InChI is InChI=1S/C27H32N2O6/c1-26(2,3)35-24(32)21(28-27(25(33)34)12-7-4-8-13-27)11-14-29-22(30)19-15-17-9-5-6-10-18(17)16-20(19)23(29)31/h5-6,9-10,15-16,21,28H,4,7-8,11-14H2,1-3H3,(H,33,34). The number of aliphatic carboxylic acids is 1. The van der Waals surface area contributed by atoms with Crippen molar-refractivity contribution in [1.82, 2.24) is 10.2 Å². The molecule has 1 saturated carbocycles. The number of esters is 1. The van der Waals surface area contributed by atoms with Gasteiger partial charge in [0.15, 0.2) is 0 Å². The molecule has 0 saturated heterocycles. The van der Waals surface area contributed by atoms with Crippen molar-refractivity contribution in [2.24, 2.45) is 0 Å². The van der Waals surface area contributed by atoms with Crippen molar-refractivity contribution in [3.8, 4) is 0 Å². The van der Waals surface area contributed by atoms with E-state index in [4.69, 9.17) is 4.74 Å². The van der Waals surface area contributed by atoms with E-state index in [1.807, 2.05) is 24.3 Å². The van der Waals surface area contributed by atoms with Gasteiger partial charge in [0.1, 0.15) is 17.2 Å². The third-order valence-electron chi connectivity index (χ3n) is 6.74. The highest BCUT2D eigenvalue weighted by Crippen LogP contribution is 2.31. The summed E-state index contributed by atoms with van der Waals surface area (Å²) >= 11 is 0. The zero-order valence-electron chi connectivity index (χ0n) is 20.4. The number of hydrogen-bond acceptors (Lipinski definition) is 6. The van der Waals surface area contributed by atoms with Crippen molar-refractivity contribution in [2.75, 3.05) is 6.54 Å². The molecule has 35 heavy (non-hydrogen) atoms. The lowest BCUT2D eigenvalue weighted by Crippen LogP contribution is -2.60. The minimum absolute atomic E-state index is 0.0324. The van der Waals surface area contributed by atoms with Crippen molar-refractivity contribution in [3.05, 3.63) is 47.5 Å². The van der Waals surface area contributed by atoms with Crippen molar-refractivity contribution in [3.63, 3.8) is 0 Å². The molecule has 1 aliphatic heterocycles. The number of benzene rings is 2. The largest absolute Gasteiger partial charge is 0.480 e. The molecule has 1 unspecified atom stereocenters. The summed E-state index contributed by atoms with van der Waals surface area (Å²) in [5.74, 6) is -2.42. The van der Waals surface area contributed by atoms with Gasteiger partial charge >= 0.3 is 11.9 Å². The number of carboxylic acid groups (broad SMARTS) is 1. The zero-order valence-corrected chi connectivity index (χ0v) is 20.4. The molecule has 2 amide bonds. The second-order valence-corrected chi connectivity index (χ2v) is 10.5. The van der Waals surface area contributed by atoms with Gasteiger partial charge in [-0.1, -0.05) is 43.5 Å². The van der Waals surface area contributed by atoms with Crippen LogP contribution in [0.2, 0.25) is 0 Å². The van der Waals surface area contributed by atoms with Gasteiger partial charge in [-0.25, -0.2) is 0 Å². The number of carbonyl (C=O) groups is 4. The number of carboxylic acids is 1. The average molecular weight is 481 g/mol. The highest BCUT2D eigenvalue weighted by atomic mass is 16.6. The summed E-state index contributed by atoms with van der Waals surface area (Å²) in [4.78, 5) is 52.6. The lowest BCUT2D eigenvalue weighted by atomic mass is 9.81. The maximum absolute atomic E-state index is 13.1. The predicted octanol–water partition coefficient (Wildman–Crippen LogP) is 3.91. The lowest BCUT2D eigenvalue weighted by molar-refractivity contribution is -0.160. The van der Waals surface area contributed by atoms with E-state index in [9.17, 15) is 24.3 Å². The molecule has 1 heterocycles. The molecule has 2 aromatic rings. The Morgan fingerprint density at radius 1 is 1.03 bits per heavy atom. The van der Waals surface area contributed by atoms with Gasteiger partial charge in [0.25, 0.3) is 11.8 Å². The number of rotatable bonds is 7. The Labute approximate surface area is 204 Å². The molecule has 0 radical (unpaired) electrons. The molecule has 2 aromatic carbocycles. The summed E-state index contributed by atoms with van der Waals surface area (Å²) in [5.41, 5.74) is -1.33. The van der Waals surface area contributed by atoms with Crippen LogP contribution in [0.25, 0.3) is 10.8 Å². The van der Waals surface area contributed by atoms with Crippen molar-refractivity contribution < 1.29 is 29.0 Å². The lowest BCUT2D eigenvalue weighted by Gasteiger charge is -2.37. The highest BCUT2D eigenvalue weighted by molar-refractivity contribution is 6.23. The first-order valence-corrected chi connectivity index (χ1v) is 12.1. The number of hydrogen-bond donors (Lipinski definition) is 2. The second kappa shape index (κ2) is 9.41. The van der Waals surface area contributed by atoms with Gasteiger partial charge in [-0.3, -0.25) is 29.4 Å². The average Bonchev–Trinajstić information content (AvgIpc) is 3.03. The first-order chi connectivity index (χ1) is 16.5. The molecule has 0 aromatic heterocycles. The van der Waals surface area contributed by atoms with Crippen LogP contribution in [0.5, 0.6) is 0 Å². The number of ether oxygens (including phenoxy) is 1. The third kappa shape index (κ3) is 5.07. The Hall–Kier alpha value is -3.26. The Balaban J connectivity index is 1.56. The van der Waals surface area contributed by atoms with Crippen LogP contribution >= 0.6 is 0 Å². The Morgan fingerprint density at radius 3 is 2.06 bits per heavy atom. The summed E-state index contributed by atoms with van der Waals surface area (Å²) in [5, 5.41) is 14.8. The van der Waals surface area contributed by atoms with E-state index in [1.165, 1.54) is 0 Å². The highest BCUT2D eigenvalue weighted by Gasteiger charge is 2.44. The van der Waals surface area contributed by atoms with E-state index in [0.29, 0.717) is 24.0 Å². The minimum atomic E-state index is -1.24. The molecular weight excluding hydrogens is 448 g/mol. The summed E-state index contributed by atoms with van der Waals surface area (Å²) in [6.07, 6.45) is 3.28. The summed E-state index contributed by atoms with van der Waals surface area (Å²) in [6, 6.07) is 9.96. The van der Waals surface area contributed by atoms with Gasteiger partial charge < -0.3 is 9.84 Å². The van der Waals surface area contributed by atoms with Crippen molar-refractivity contribution >= 4 is 34.5 Å². The maximum atomic E-state index is 13.1. The minimum Gasteiger partial charge on any atom is -0.480 e. The first kappa shape index (κ1) is 24.9. The monoisotopic (exact) mass is 480 g/mol. The molecule has 2 aliphatic rings. The van der Waals surface area contributed by atoms with Crippen molar-refractivity contribution in [2.45, 2.75) is 76.5 Å². The summed E-state index contributed by atoms with van der Waals surface area (Å²) < 4.78 is 5.57. The fraction of sp³-hybridized carbons (Fsp3) is 0.481. The molecule has 2 N–H and O–H groups in total. The quantitative estimate of drug-likeness (QED) is 0.456. The molecule has 8 heteroatoms. The van der Waals surface area contributed by atoms with Crippen LogP contribution in [0.3, 0.4) is 0 Å². The van der Waals surface area contributed by atoms with Crippen LogP contribution < -0.4 is 5.32 Å². The summed E-state index contributed by atoms with van der Waals surface area (Å²) in [7, 11) is 0. The van der Waals surface area contributed by atoms with Crippen LogP contribution in [0.1, 0.15) is 80.0 Å². The number of imide groups is 1. The molecule has 0 bridgehead atoms. The smallest absolute Gasteiger partial charge is 0.323 e. The van der Waals surface area contributed by atoms with E-state index in [-0.39, 0.29) is 13.0 Å². The molecule has 4 rings (SSSR count). The van der Waals surface area contributed by atoms with Crippen LogP contribution in [0.4, 0.5) is 0 Å². The van der Waals surface area contributed by atoms with Gasteiger partial charge in [-0.05, 0) is 62.9 Å². The Morgan fingerprint density at radius 2 is 1.57 bits per heavy atom. The van der Waals surface area contributed by atoms with E-state index < -0.39 is 40.9 Å². The van der Waals surface area contributed by atoms with Gasteiger partial charge in [0, 0.05) is 6.54 Å². The van der Waals surface area contributed by atoms with E-state index >= 15 is 0 Å². The number of nitrogens with one attached hydrogen (secondary N) is 1. The van der Waals surface area contributed by atoms with Gasteiger partial charge in [-0.15, -0.1) is 0 Å². The predicted molar refractivity (Wildman–Crippen MR) is 130 cm³/mol. The zero-order chi connectivity index (χ0) is 25.4. The van der Waals surface area contributed by atoms with E-state index in [0.717, 1.165) is 34.9 Å². The number of amides is 2. The molecule has 1 fully saturated rings. The molecule has 8 nitrogen and oxygen atoms in total. The van der Waals surface area contributed by atoms with E-state index in [1.54, 1.807) is 32.9 Å². The number of fused-ring (bicyclic) bond motifs is 2. The van der Waals surface area contributed by atoms with Crippen LogP contribution in [-0.4, -0.2) is 57.5 Å². The molecule has 1 atom stereocenters. The Kier molecular flexibility index (Phi) is 6.68. The van der Waals surface area contributed by atoms with Crippen LogP contribution in [0, 0.1) is 0 Å². The summed E-state index contributed by atoms with van der Waals surface area (Å²) in [6.45, 7) is 5.19. The maximum Gasteiger partial charge on any atom is 0.323 e. The first-order valence-electron chi connectivity index (χ1n) is 12.1. The topological polar surface area (TPSA) is 113 Å². The fourth-order valence-electron chi connectivity index (χ4n) is 4.97. The van der Waals surface area contributed by atoms with Crippen LogP contribution in [0.15, 0.2) is 36.4 Å². The molecule has 1 aliphatic carbocycles. The normalized spacial score (nSPS) is 18.4. The van der Waals surface area contributed by atoms with Gasteiger partial charge in [-0.2, -0.15) is 0 Å². The fourth-order valence-corrected chi connectivity index (χ4v) is 4.97. The molecule has 0 spiro atoms. The third-order valence-corrected chi connectivity index (χ3v) is 6.74. The van der Waals surface area contributed by atoms with Crippen LogP contribution in [-0.2, 0) is 14.3 Å². The van der Waals surface area contributed by atoms with Gasteiger partial charge in [0.05, 0.1) is 11.1 Å². The van der Waals surface area contributed by atoms with Gasteiger partial charge in [0.2, 0.25) is 0 Å². The second-order valence-electron chi connectivity index (χ2n) is 10.5. The number of carbonyl (C=O) groups excluding carboxylic acids is 3. The van der Waals surface area contributed by atoms with E-state index in [2.05, 4.69) is 5.32 Å². The Bertz CT molecular complexity index is 1120. The SMILES string of the molecule is CC(C)(C)OC(=O)C(CCN1C(=O)c2cc3ccccc3cc2C1=O)NC1(C(=O)O)CCCCC1.